The van der Waals surface area contributed by atoms with Gasteiger partial charge in [-0.05, 0) is 6.92 Å². The lowest BCUT2D eigenvalue weighted by molar-refractivity contribution is 0.378. The van der Waals surface area contributed by atoms with E-state index in [2.05, 4.69) is 15.2 Å². The molecular weight excluding hydrogens is 223 g/mol. The smallest absolute Gasteiger partial charge is 0.260 e. The summed E-state index contributed by atoms with van der Waals surface area (Å²) in [4.78, 5) is 2.98. The van der Waals surface area contributed by atoms with Gasteiger partial charge in [-0.15, -0.1) is 5.10 Å². The van der Waals surface area contributed by atoms with Gasteiger partial charge in [-0.1, -0.05) is 0 Å². The normalized spacial score (nSPS) is 10.5. The second-order valence-electron chi connectivity index (χ2n) is 3.04. The highest BCUT2D eigenvalue weighted by atomic mass is 19.2. The van der Waals surface area contributed by atoms with Crippen LogP contribution in [0.2, 0.25) is 0 Å². The van der Waals surface area contributed by atoms with Crippen molar-refractivity contribution in [2.75, 3.05) is 0 Å². The summed E-state index contributed by atoms with van der Waals surface area (Å²) in [5, 5.41) is 6.18. The molecule has 0 aliphatic carbocycles. The molecule has 0 saturated heterocycles. The molecule has 2 aromatic rings. The number of aryl methyl sites for hydroxylation is 1. The van der Waals surface area contributed by atoms with Crippen molar-refractivity contribution >= 4 is 0 Å². The van der Waals surface area contributed by atoms with E-state index in [1.807, 2.05) is 0 Å². The van der Waals surface area contributed by atoms with Crippen molar-refractivity contribution in [1.29, 1.82) is 0 Å². The molecule has 0 radical (unpaired) electrons. The van der Waals surface area contributed by atoms with Gasteiger partial charge in [0.1, 0.15) is 0 Å². The maximum atomic E-state index is 13.1. The topological polar surface area (TPSA) is 50.8 Å². The first kappa shape index (κ1) is 10.5. The van der Waals surface area contributed by atoms with Crippen molar-refractivity contribution in [3.8, 4) is 11.8 Å². The minimum Gasteiger partial charge on any atom is -0.416 e. The third-order valence-electron chi connectivity index (χ3n) is 1.74. The Morgan fingerprint density at radius 2 is 1.94 bits per heavy atom. The first-order valence-corrected chi connectivity index (χ1v) is 4.27. The van der Waals surface area contributed by atoms with Crippen LogP contribution >= 0.6 is 0 Å². The minimum absolute atomic E-state index is 0.0231. The summed E-state index contributed by atoms with van der Waals surface area (Å²) in [6.07, 6.45) is 0. The standard InChI is InChI=1S/C9H6F3N3O/c1-4-2-7(15-14-4)16-9-6(11)3-5(10)8(12)13-9/h2-3H,1H3,(H,14,15). The second kappa shape index (κ2) is 3.84. The highest BCUT2D eigenvalue weighted by Crippen LogP contribution is 2.22. The monoisotopic (exact) mass is 229 g/mol. The number of halogens is 3. The zero-order chi connectivity index (χ0) is 11.7. The van der Waals surface area contributed by atoms with E-state index >= 15 is 0 Å². The fraction of sp³-hybridized carbons (Fsp3) is 0.111. The molecule has 0 aliphatic rings. The van der Waals surface area contributed by atoms with Crippen LogP contribution in [0.15, 0.2) is 12.1 Å². The average Bonchev–Trinajstić information content (AvgIpc) is 2.60. The molecule has 0 bridgehead atoms. The van der Waals surface area contributed by atoms with E-state index in [0.717, 1.165) is 0 Å². The number of hydrogen-bond acceptors (Lipinski definition) is 3. The van der Waals surface area contributed by atoms with E-state index in [0.29, 0.717) is 11.8 Å². The summed E-state index contributed by atoms with van der Waals surface area (Å²) in [7, 11) is 0. The van der Waals surface area contributed by atoms with Gasteiger partial charge in [0.15, 0.2) is 11.6 Å². The molecule has 2 rings (SSSR count). The van der Waals surface area contributed by atoms with Crippen LogP contribution in [0.1, 0.15) is 5.69 Å². The third kappa shape index (κ3) is 1.97. The van der Waals surface area contributed by atoms with Crippen LogP contribution in [0.3, 0.4) is 0 Å². The van der Waals surface area contributed by atoms with Gasteiger partial charge in [0, 0.05) is 17.8 Å². The Balaban J connectivity index is 2.31. The summed E-state index contributed by atoms with van der Waals surface area (Å²) >= 11 is 0. The molecule has 0 fully saturated rings. The number of aromatic amines is 1. The molecule has 0 aliphatic heterocycles. The summed E-state index contributed by atoms with van der Waals surface area (Å²) in [5.41, 5.74) is 0.679. The molecule has 0 unspecified atom stereocenters. The Hall–Kier alpha value is -2.05. The SMILES string of the molecule is Cc1cc(Oc2nc(F)c(F)cc2F)n[nH]1. The molecular formula is C9H6F3N3O. The quantitative estimate of drug-likeness (QED) is 0.804. The number of rotatable bonds is 2. The average molecular weight is 229 g/mol. The number of nitrogens with one attached hydrogen (secondary N) is 1. The van der Waals surface area contributed by atoms with Crippen molar-refractivity contribution in [3.63, 3.8) is 0 Å². The van der Waals surface area contributed by atoms with E-state index in [1.54, 1.807) is 6.92 Å². The van der Waals surface area contributed by atoms with E-state index in [1.165, 1.54) is 6.07 Å². The van der Waals surface area contributed by atoms with E-state index in [-0.39, 0.29) is 5.88 Å². The fourth-order valence-electron chi connectivity index (χ4n) is 1.04. The van der Waals surface area contributed by atoms with Crippen LogP contribution < -0.4 is 4.74 Å². The molecule has 2 aromatic heterocycles. The van der Waals surface area contributed by atoms with Crippen molar-refractivity contribution in [3.05, 3.63) is 35.4 Å². The van der Waals surface area contributed by atoms with Gasteiger partial charge < -0.3 is 4.74 Å². The molecule has 7 heteroatoms. The van der Waals surface area contributed by atoms with Gasteiger partial charge in [-0.2, -0.15) is 9.37 Å². The van der Waals surface area contributed by atoms with Crippen LogP contribution in [0, 0.1) is 24.5 Å². The van der Waals surface area contributed by atoms with Gasteiger partial charge >= 0.3 is 0 Å². The lowest BCUT2D eigenvalue weighted by Gasteiger charge is -2.02. The Morgan fingerprint density at radius 3 is 2.56 bits per heavy atom. The Morgan fingerprint density at radius 1 is 1.19 bits per heavy atom. The van der Waals surface area contributed by atoms with Crippen molar-refractivity contribution in [2.24, 2.45) is 0 Å². The molecule has 0 spiro atoms. The maximum absolute atomic E-state index is 13.1. The number of H-pyrrole nitrogens is 1. The summed E-state index contributed by atoms with van der Waals surface area (Å²) in [6.45, 7) is 1.70. The molecule has 16 heavy (non-hydrogen) atoms. The molecule has 2 heterocycles. The molecule has 4 nitrogen and oxygen atoms in total. The first-order valence-electron chi connectivity index (χ1n) is 4.27. The number of nitrogens with zero attached hydrogens (tertiary/aromatic N) is 2. The largest absolute Gasteiger partial charge is 0.416 e. The molecule has 0 aromatic carbocycles. The van der Waals surface area contributed by atoms with Crippen LogP contribution in [-0.4, -0.2) is 15.2 Å². The first-order chi connectivity index (χ1) is 7.56. The Labute approximate surface area is 88.1 Å². The highest BCUT2D eigenvalue weighted by Gasteiger charge is 2.14. The van der Waals surface area contributed by atoms with E-state index in [4.69, 9.17) is 4.74 Å². The maximum Gasteiger partial charge on any atom is 0.260 e. The molecule has 0 saturated carbocycles. The Bertz CT molecular complexity index is 527. The summed E-state index contributed by atoms with van der Waals surface area (Å²) in [5.74, 6) is -4.54. The van der Waals surface area contributed by atoms with Gasteiger partial charge in [-0.25, -0.2) is 8.78 Å². The molecule has 0 atom stereocenters. The number of pyridine rings is 1. The lowest BCUT2D eigenvalue weighted by Crippen LogP contribution is -1.98. The van der Waals surface area contributed by atoms with Crippen LogP contribution in [-0.2, 0) is 0 Å². The highest BCUT2D eigenvalue weighted by molar-refractivity contribution is 5.22. The zero-order valence-corrected chi connectivity index (χ0v) is 8.09. The van der Waals surface area contributed by atoms with Gasteiger partial charge in [-0.3, -0.25) is 5.10 Å². The van der Waals surface area contributed by atoms with Crippen molar-refractivity contribution in [2.45, 2.75) is 6.92 Å². The fourth-order valence-corrected chi connectivity index (χ4v) is 1.04. The molecule has 1 N–H and O–H groups in total. The van der Waals surface area contributed by atoms with E-state index < -0.39 is 23.5 Å². The predicted octanol–water partition coefficient (Wildman–Crippen LogP) is 2.32. The van der Waals surface area contributed by atoms with Gasteiger partial charge in [0.25, 0.3) is 11.8 Å². The van der Waals surface area contributed by atoms with Crippen molar-refractivity contribution in [1.82, 2.24) is 15.2 Å². The lowest BCUT2D eigenvalue weighted by atomic mass is 10.4. The second-order valence-corrected chi connectivity index (χ2v) is 3.04. The van der Waals surface area contributed by atoms with E-state index in [9.17, 15) is 13.2 Å². The Kier molecular flexibility index (Phi) is 2.51. The molecule has 0 amide bonds. The van der Waals surface area contributed by atoms with Crippen molar-refractivity contribution < 1.29 is 17.9 Å². The zero-order valence-electron chi connectivity index (χ0n) is 8.09. The summed E-state index contributed by atoms with van der Waals surface area (Å²) < 4.78 is 43.2. The minimum atomic E-state index is -1.43. The number of hydrogen-bond donors (Lipinski definition) is 1. The van der Waals surface area contributed by atoms with Gasteiger partial charge in [0.2, 0.25) is 5.88 Å². The van der Waals surface area contributed by atoms with Gasteiger partial charge in [0.05, 0.1) is 0 Å². The van der Waals surface area contributed by atoms with Crippen LogP contribution in [0.25, 0.3) is 0 Å². The molecule has 84 valence electrons. The number of aromatic nitrogens is 3. The summed E-state index contributed by atoms with van der Waals surface area (Å²) in [6, 6.07) is 1.82. The van der Waals surface area contributed by atoms with Crippen LogP contribution in [0.5, 0.6) is 11.8 Å². The predicted molar refractivity (Wildman–Crippen MR) is 47.5 cm³/mol. The van der Waals surface area contributed by atoms with Crippen LogP contribution in [0.4, 0.5) is 13.2 Å². The number of ether oxygens (including phenoxy) is 1. The third-order valence-corrected chi connectivity index (χ3v) is 1.74.